The van der Waals surface area contributed by atoms with Gasteiger partial charge in [0.1, 0.15) is 0 Å². The van der Waals surface area contributed by atoms with Crippen molar-refractivity contribution in [2.45, 2.75) is 37.3 Å². The summed E-state index contributed by atoms with van der Waals surface area (Å²) in [7, 11) is 0. The summed E-state index contributed by atoms with van der Waals surface area (Å²) in [6.07, 6.45) is 3.89. The van der Waals surface area contributed by atoms with Crippen LogP contribution in [0.5, 0.6) is 0 Å². The van der Waals surface area contributed by atoms with E-state index in [0.29, 0.717) is 5.92 Å². The van der Waals surface area contributed by atoms with Gasteiger partial charge in [-0.05, 0) is 18.8 Å². The van der Waals surface area contributed by atoms with Crippen LogP contribution in [-0.2, 0) is 0 Å². The molecule has 11 heavy (non-hydrogen) atoms. The normalized spacial score (nSPS) is 44.3. The first-order chi connectivity index (χ1) is 5.24. The number of nitrogens with zero attached hydrogens (tertiary/aromatic N) is 2. The summed E-state index contributed by atoms with van der Waals surface area (Å²) in [5.74, 6) is 5.44. The number of aliphatic hydroxyl groups is 1. The molecule has 2 rings (SSSR count). The minimum absolute atomic E-state index is 0.186. The third-order valence-electron chi connectivity index (χ3n) is 2.75. The fourth-order valence-corrected chi connectivity index (χ4v) is 1.89. The zero-order valence-corrected chi connectivity index (χ0v) is 6.40. The third kappa shape index (κ3) is 1.11. The van der Waals surface area contributed by atoms with E-state index >= 15 is 0 Å². The second-order valence-electron chi connectivity index (χ2n) is 3.67. The van der Waals surface area contributed by atoms with Crippen LogP contribution in [0.25, 0.3) is 0 Å². The fourth-order valence-electron chi connectivity index (χ4n) is 1.89. The molecule has 0 amide bonds. The maximum Gasteiger partial charge on any atom is 0.0784 e. The lowest BCUT2D eigenvalue weighted by atomic mass is 9.73. The van der Waals surface area contributed by atoms with E-state index in [9.17, 15) is 5.11 Å². The summed E-state index contributed by atoms with van der Waals surface area (Å²) in [6.45, 7) is 0. The Kier molecular flexibility index (Phi) is 1.39. The van der Waals surface area contributed by atoms with Gasteiger partial charge in [0.2, 0.25) is 0 Å². The van der Waals surface area contributed by atoms with E-state index in [2.05, 4.69) is 10.3 Å². The minimum atomic E-state index is -0.404. The third-order valence-corrected chi connectivity index (χ3v) is 2.75. The summed E-state index contributed by atoms with van der Waals surface area (Å²) >= 11 is 0. The highest BCUT2D eigenvalue weighted by Gasteiger charge is 2.52. The van der Waals surface area contributed by atoms with Crippen molar-refractivity contribution in [1.29, 1.82) is 0 Å². The molecule has 0 heterocycles. The van der Waals surface area contributed by atoms with Crippen molar-refractivity contribution in [3.63, 3.8) is 0 Å². The first kappa shape index (κ1) is 7.03. The molecule has 4 nitrogen and oxygen atoms in total. The maximum absolute atomic E-state index is 9.80. The van der Waals surface area contributed by atoms with Crippen LogP contribution in [0.4, 0.5) is 0 Å². The Morgan fingerprint density at radius 3 is 2.45 bits per heavy atom. The van der Waals surface area contributed by atoms with Crippen LogP contribution in [0.15, 0.2) is 10.3 Å². The van der Waals surface area contributed by atoms with Gasteiger partial charge in [-0.1, -0.05) is 5.22 Å². The van der Waals surface area contributed by atoms with Crippen molar-refractivity contribution in [2.24, 2.45) is 22.1 Å². The highest BCUT2D eigenvalue weighted by Crippen LogP contribution is 2.51. The molecule has 2 aliphatic carbocycles. The Hall–Kier alpha value is -0.640. The smallest absolute Gasteiger partial charge is 0.0784 e. The molecule has 0 radical (unpaired) electrons. The van der Waals surface area contributed by atoms with Gasteiger partial charge in [0.05, 0.1) is 11.6 Å². The first-order valence-electron chi connectivity index (χ1n) is 4.07. The molecule has 0 saturated heterocycles. The van der Waals surface area contributed by atoms with E-state index < -0.39 is 5.60 Å². The molecule has 2 fully saturated rings. The van der Waals surface area contributed by atoms with Crippen molar-refractivity contribution < 1.29 is 5.11 Å². The van der Waals surface area contributed by atoms with Crippen LogP contribution in [0, 0.1) is 5.92 Å². The van der Waals surface area contributed by atoms with Crippen LogP contribution in [0.3, 0.4) is 0 Å². The van der Waals surface area contributed by atoms with E-state index in [1.54, 1.807) is 0 Å². The van der Waals surface area contributed by atoms with Crippen molar-refractivity contribution >= 4 is 0 Å². The Morgan fingerprint density at radius 2 is 2.00 bits per heavy atom. The van der Waals surface area contributed by atoms with Gasteiger partial charge in [-0.25, -0.2) is 0 Å². The van der Waals surface area contributed by atoms with Gasteiger partial charge in [0.25, 0.3) is 0 Å². The molecule has 0 unspecified atom stereocenters. The molecular formula is C7H13N3O. The van der Waals surface area contributed by atoms with E-state index in [1.807, 2.05) is 0 Å². The molecule has 0 spiro atoms. The highest BCUT2D eigenvalue weighted by molar-refractivity contribution is 5.06. The molecule has 0 aromatic heterocycles. The van der Waals surface area contributed by atoms with Crippen molar-refractivity contribution in [3.8, 4) is 0 Å². The predicted octanol–water partition coefficient (Wildman–Crippen LogP) is 0.616. The van der Waals surface area contributed by atoms with Crippen LogP contribution in [0.1, 0.15) is 25.7 Å². The molecule has 0 atom stereocenters. The van der Waals surface area contributed by atoms with Gasteiger partial charge in [-0.3, -0.25) is 0 Å². The quantitative estimate of drug-likeness (QED) is 0.348. The standard InChI is InChI=1S/C7H13N3O/c8-10-9-6-3-7(11,4-6)5-1-2-5/h5-6,11H,1-4H2,(H2,8,9). The molecular weight excluding hydrogens is 142 g/mol. The number of hydrogen-bond donors (Lipinski definition) is 2. The Morgan fingerprint density at radius 1 is 1.36 bits per heavy atom. The maximum atomic E-state index is 9.80. The summed E-state index contributed by atoms with van der Waals surface area (Å²) < 4.78 is 0. The summed E-state index contributed by atoms with van der Waals surface area (Å²) in [6, 6.07) is 0.186. The topological polar surface area (TPSA) is 71.0 Å². The Labute approximate surface area is 65.5 Å². The van der Waals surface area contributed by atoms with E-state index in [-0.39, 0.29) is 6.04 Å². The molecule has 62 valence electrons. The van der Waals surface area contributed by atoms with Crippen LogP contribution in [0.2, 0.25) is 0 Å². The second-order valence-corrected chi connectivity index (χ2v) is 3.67. The Bertz CT molecular complexity index is 182. The van der Waals surface area contributed by atoms with Gasteiger partial charge in [0.15, 0.2) is 0 Å². The highest BCUT2D eigenvalue weighted by atomic mass is 16.3. The summed E-state index contributed by atoms with van der Waals surface area (Å²) in [4.78, 5) is 0. The zero-order chi connectivity index (χ0) is 7.90. The van der Waals surface area contributed by atoms with Gasteiger partial charge < -0.3 is 10.9 Å². The largest absolute Gasteiger partial charge is 0.389 e. The minimum Gasteiger partial charge on any atom is -0.389 e. The lowest BCUT2D eigenvalue weighted by Gasteiger charge is -2.41. The monoisotopic (exact) mass is 155 g/mol. The summed E-state index contributed by atoms with van der Waals surface area (Å²) in [5.41, 5.74) is -0.404. The van der Waals surface area contributed by atoms with Crippen molar-refractivity contribution in [3.05, 3.63) is 0 Å². The van der Waals surface area contributed by atoms with E-state index in [4.69, 9.17) is 5.84 Å². The molecule has 2 aliphatic rings. The van der Waals surface area contributed by atoms with Crippen LogP contribution in [-0.4, -0.2) is 16.7 Å². The average Bonchev–Trinajstić information content (AvgIpc) is 2.65. The molecule has 4 heteroatoms. The zero-order valence-electron chi connectivity index (χ0n) is 6.40. The molecule has 0 aromatic carbocycles. The van der Waals surface area contributed by atoms with Crippen molar-refractivity contribution in [1.82, 2.24) is 0 Å². The van der Waals surface area contributed by atoms with E-state index in [1.165, 1.54) is 12.8 Å². The lowest BCUT2D eigenvalue weighted by Crippen LogP contribution is -2.48. The average molecular weight is 155 g/mol. The summed E-state index contributed by atoms with van der Waals surface area (Å²) in [5, 5.41) is 16.8. The van der Waals surface area contributed by atoms with Crippen molar-refractivity contribution in [2.75, 3.05) is 0 Å². The number of hydrogen-bond acceptors (Lipinski definition) is 3. The molecule has 0 aromatic rings. The molecule has 0 bridgehead atoms. The molecule has 0 aliphatic heterocycles. The first-order valence-corrected chi connectivity index (χ1v) is 4.07. The van der Waals surface area contributed by atoms with Crippen LogP contribution < -0.4 is 5.84 Å². The van der Waals surface area contributed by atoms with Gasteiger partial charge in [-0.15, -0.1) is 0 Å². The Balaban J connectivity index is 1.85. The van der Waals surface area contributed by atoms with E-state index in [0.717, 1.165) is 12.8 Å². The predicted molar refractivity (Wildman–Crippen MR) is 39.7 cm³/mol. The molecule has 3 N–H and O–H groups in total. The SMILES string of the molecule is NN=NC1CC(O)(C2CC2)C1. The second kappa shape index (κ2) is 2.17. The molecule has 2 saturated carbocycles. The number of rotatable bonds is 2. The number of nitrogens with two attached hydrogens (primary N) is 1. The lowest BCUT2D eigenvalue weighted by molar-refractivity contribution is -0.0663. The van der Waals surface area contributed by atoms with Gasteiger partial charge in [-0.2, -0.15) is 5.11 Å². The van der Waals surface area contributed by atoms with Crippen LogP contribution >= 0.6 is 0 Å². The van der Waals surface area contributed by atoms with Gasteiger partial charge in [0, 0.05) is 12.8 Å². The fraction of sp³-hybridized carbons (Fsp3) is 1.00. The van der Waals surface area contributed by atoms with Gasteiger partial charge >= 0.3 is 0 Å².